The number of thiophene rings is 2. The molecule has 2 aromatic heterocycles. The Morgan fingerprint density at radius 3 is 1.56 bits per heavy atom. The van der Waals surface area contributed by atoms with Crippen LogP contribution in [0.25, 0.3) is 0 Å². The predicted octanol–water partition coefficient (Wildman–Crippen LogP) is 3.75. The van der Waals surface area contributed by atoms with Crippen molar-refractivity contribution >= 4 is 34.2 Å². The Hall–Kier alpha value is -1.26. The molecular weight excluding hydrogens is 264 g/mol. The number of hydrogen-bond donors (Lipinski definition) is 0. The number of aryl methyl sites for hydroxylation is 2. The Kier molecular flexibility index (Phi) is 3.14. The van der Waals surface area contributed by atoms with Crippen LogP contribution in [-0.4, -0.2) is 11.6 Å². The van der Waals surface area contributed by atoms with E-state index < -0.39 is 0 Å². The van der Waals surface area contributed by atoms with Gasteiger partial charge in [0.1, 0.15) is 0 Å². The van der Waals surface area contributed by atoms with E-state index in [-0.39, 0.29) is 0 Å². The number of carbonyl (C=O) groups is 2. The summed E-state index contributed by atoms with van der Waals surface area (Å²) in [5.74, 6) is 0.667. The first kappa shape index (κ1) is 11.8. The van der Waals surface area contributed by atoms with Crippen LogP contribution >= 0.6 is 22.7 Å². The first-order valence-electron chi connectivity index (χ1n) is 5.95. The highest BCUT2D eigenvalue weighted by molar-refractivity contribution is 7.12. The lowest BCUT2D eigenvalue weighted by Crippen LogP contribution is -1.84. The van der Waals surface area contributed by atoms with Gasteiger partial charge in [-0.05, 0) is 46.9 Å². The summed E-state index contributed by atoms with van der Waals surface area (Å²) < 4.78 is 0. The third-order valence-corrected chi connectivity index (χ3v) is 5.24. The molecule has 0 atom stereocenters. The van der Waals surface area contributed by atoms with E-state index in [0.717, 1.165) is 35.4 Å². The summed E-state index contributed by atoms with van der Waals surface area (Å²) in [6, 6.07) is 4.09. The van der Waals surface area contributed by atoms with Crippen LogP contribution in [0.15, 0.2) is 22.9 Å². The van der Waals surface area contributed by atoms with Crippen molar-refractivity contribution in [2.75, 3.05) is 0 Å². The van der Waals surface area contributed by atoms with Crippen LogP contribution in [0, 0.1) is 0 Å². The predicted molar refractivity (Wildman–Crippen MR) is 73.9 cm³/mol. The van der Waals surface area contributed by atoms with E-state index in [4.69, 9.17) is 0 Å². The summed E-state index contributed by atoms with van der Waals surface area (Å²) in [5.41, 5.74) is 2.51. The zero-order chi connectivity index (χ0) is 12.5. The zero-order valence-corrected chi connectivity index (χ0v) is 11.4. The van der Waals surface area contributed by atoms with Crippen molar-refractivity contribution in [3.8, 4) is 0 Å². The normalized spacial score (nSPS) is 16.2. The van der Waals surface area contributed by atoms with Crippen molar-refractivity contribution in [3.05, 3.63) is 43.8 Å². The maximum absolute atomic E-state index is 10.9. The molecule has 0 fully saturated rings. The zero-order valence-electron chi connectivity index (χ0n) is 9.77. The van der Waals surface area contributed by atoms with Crippen molar-refractivity contribution in [3.63, 3.8) is 0 Å². The van der Waals surface area contributed by atoms with E-state index in [1.807, 2.05) is 22.9 Å². The smallest absolute Gasteiger partial charge is 0.173 e. The van der Waals surface area contributed by atoms with Gasteiger partial charge in [0.15, 0.2) is 11.6 Å². The minimum atomic E-state index is 0.333. The Labute approximate surface area is 113 Å². The third-order valence-electron chi connectivity index (χ3n) is 3.24. The van der Waals surface area contributed by atoms with Crippen molar-refractivity contribution < 1.29 is 9.59 Å². The van der Waals surface area contributed by atoms with Gasteiger partial charge in [-0.15, -0.1) is 22.7 Å². The van der Waals surface area contributed by atoms with Gasteiger partial charge >= 0.3 is 0 Å². The molecule has 0 radical (unpaired) electrons. The molecule has 2 nitrogen and oxygen atoms in total. The number of fused-ring (bicyclic) bond motifs is 2. The summed E-state index contributed by atoms with van der Waals surface area (Å²) >= 11 is 3.14. The van der Waals surface area contributed by atoms with Crippen LogP contribution in [0.4, 0.5) is 0 Å². The molecule has 92 valence electrons. The van der Waals surface area contributed by atoms with Crippen molar-refractivity contribution in [1.82, 2.24) is 0 Å². The standard InChI is InChI=1S/2C7H6OS/c2*8-6-2-1-5-3-4-9-7(5)6/h2*3-4H,1-2H2. The topological polar surface area (TPSA) is 34.1 Å². The molecule has 0 N–H and O–H groups in total. The van der Waals surface area contributed by atoms with E-state index in [1.54, 1.807) is 22.7 Å². The highest BCUT2D eigenvalue weighted by Crippen LogP contribution is 2.27. The second-order valence-corrected chi connectivity index (χ2v) is 6.23. The second kappa shape index (κ2) is 4.78. The third kappa shape index (κ3) is 2.06. The van der Waals surface area contributed by atoms with E-state index >= 15 is 0 Å². The average Bonchev–Trinajstić information content (AvgIpc) is 3.06. The van der Waals surface area contributed by atoms with Gasteiger partial charge in [-0.1, -0.05) is 0 Å². The summed E-state index contributed by atoms with van der Waals surface area (Å²) in [4.78, 5) is 23.9. The van der Waals surface area contributed by atoms with Gasteiger partial charge in [-0.2, -0.15) is 0 Å². The van der Waals surface area contributed by atoms with Crippen LogP contribution in [0.5, 0.6) is 0 Å². The van der Waals surface area contributed by atoms with Crippen LogP contribution < -0.4 is 0 Å². The number of carbonyl (C=O) groups excluding carboxylic acids is 2. The maximum atomic E-state index is 10.9. The second-order valence-electron chi connectivity index (χ2n) is 4.40. The molecule has 2 aliphatic carbocycles. The molecule has 0 bridgehead atoms. The molecule has 0 amide bonds. The fourth-order valence-corrected chi connectivity index (χ4v) is 4.12. The molecule has 0 aromatic carbocycles. The molecular formula is C14H12O2S2. The molecule has 0 spiro atoms. The quantitative estimate of drug-likeness (QED) is 0.734. The van der Waals surface area contributed by atoms with Gasteiger partial charge in [0.25, 0.3) is 0 Å². The Bertz CT molecular complexity index is 553. The van der Waals surface area contributed by atoms with Gasteiger partial charge in [-0.3, -0.25) is 9.59 Å². The maximum Gasteiger partial charge on any atom is 0.173 e. The number of Topliss-reactive ketones (excluding diaryl/α,β-unsaturated/α-hetero) is 2. The van der Waals surface area contributed by atoms with Crippen LogP contribution in [0.3, 0.4) is 0 Å². The minimum Gasteiger partial charge on any atom is -0.293 e. The Morgan fingerprint density at radius 2 is 1.17 bits per heavy atom. The molecule has 2 heterocycles. The minimum absolute atomic E-state index is 0.333. The molecule has 0 saturated carbocycles. The van der Waals surface area contributed by atoms with Gasteiger partial charge in [0.2, 0.25) is 0 Å². The monoisotopic (exact) mass is 276 g/mol. The van der Waals surface area contributed by atoms with E-state index in [9.17, 15) is 9.59 Å². The fourth-order valence-electron chi connectivity index (χ4n) is 2.28. The van der Waals surface area contributed by atoms with E-state index in [0.29, 0.717) is 11.6 Å². The molecule has 2 aromatic rings. The highest BCUT2D eigenvalue weighted by atomic mass is 32.1. The highest BCUT2D eigenvalue weighted by Gasteiger charge is 2.20. The van der Waals surface area contributed by atoms with Gasteiger partial charge < -0.3 is 0 Å². The van der Waals surface area contributed by atoms with Crippen LogP contribution in [-0.2, 0) is 12.8 Å². The van der Waals surface area contributed by atoms with Crippen molar-refractivity contribution in [2.24, 2.45) is 0 Å². The lowest BCUT2D eigenvalue weighted by atomic mass is 10.3. The molecule has 0 unspecified atom stereocenters. The van der Waals surface area contributed by atoms with Gasteiger partial charge in [0.05, 0.1) is 9.75 Å². The van der Waals surface area contributed by atoms with Crippen LogP contribution in [0.1, 0.15) is 43.3 Å². The lowest BCUT2D eigenvalue weighted by molar-refractivity contribution is 0.0989. The first-order valence-corrected chi connectivity index (χ1v) is 7.71. The molecule has 4 rings (SSSR count). The molecule has 2 aliphatic rings. The molecule has 0 aliphatic heterocycles. The first-order chi connectivity index (χ1) is 8.75. The Morgan fingerprint density at radius 1 is 0.722 bits per heavy atom. The summed E-state index contributed by atoms with van der Waals surface area (Å²) in [6.07, 6.45) is 3.42. The number of rotatable bonds is 0. The molecule has 0 saturated heterocycles. The number of hydrogen-bond acceptors (Lipinski definition) is 4. The van der Waals surface area contributed by atoms with Gasteiger partial charge in [-0.25, -0.2) is 0 Å². The SMILES string of the molecule is O=C1CCc2ccsc21.O=C1CCc2ccsc21. The van der Waals surface area contributed by atoms with Gasteiger partial charge in [0, 0.05) is 12.8 Å². The average molecular weight is 276 g/mol. The summed E-state index contributed by atoms with van der Waals surface area (Å²) in [5, 5.41) is 3.98. The van der Waals surface area contributed by atoms with Crippen LogP contribution in [0.2, 0.25) is 0 Å². The Balaban J connectivity index is 0.000000111. The summed E-state index contributed by atoms with van der Waals surface area (Å²) in [7, 11) is 0. The van der Waals surface area contributed by atoms with E-state index in [1.165, 1.54) is 11.1 Å². The fraction of sp³-hybridized carbons (Fsp3) is 0.286. The lowest BCUT2D eigenvalue weighted by Gasteiger charge is -1.79. The molecule has 18 heavy (non-hydrogen) atoms. The summed E-state index contributed by atoms with van der Waals surface area (Å²) in [6.45, 7) is 0. The largest absolute Gasteiger partial charge is 0.293 e. The van der Waals surface area contributed by atoms with E-state index in [2.05, 4.69) is 0 Å². The van der Waals surface area contributed by atoms with Crippen molar-refractivity contribution in [2.45, 2.75) is 25.7 Å². The van der Waals surface area contributed by atoms with Crippen molar-refractivity contribution in [1.29, 1.82) is 0 Å². The molecule has 4 heteroatoms. The number of ketones is 2.